The fourth-order valence-electron chi connectivity index (χ4n) is 2.14. The number of ether oxygens (including phenoxy) is 2. The summed E-state index contributed by atoms with van der Waals surface area (Å²) in [6, 6.07) is 9.91. The number of methoxy groups -OCH3 is 2. The molecule has 0 N–H and O–H groups in total. The Balaban J connectivity index is 2.48. The van der Waals surface area contributed by atoms with E-state index in [9.17, 15) is 9.59 Å². The van der Waals surface area contributed by atoms with E-state index in [4.69, 9.17) is 4.74 Å². The molecule has 0 bridgehead atoms. The molecule has 0 atom stereocenters. The van der Waals surface area contributed by atoms with E-state index in [1.165, 1.54) is 7.11 Å². The van der Waals surface area contributed by atoms with E-state index in [0.29, 0.717) is 32.5 Å². The molecule has 0 saturated heterocycles. The molecule has 0 aromatic heterocycles. The highest BCUT2D eigenvalue weighted by Crippen LogP contribution is 2.06. The van der Waals surface area contributed by atoms with Crippen LogP contribution in [0.15, 0.2) is 30.3 Å². The first-order chi connectivity index (χ1) is 10.7. The van der Waals surface area contributed by atoms with Crippen molar-refractivity contribution in [3.8, 4) is 0 Å². The summed E-state index contributed by atoms with van der Waals surface area (Å²) in [7, 11) is 2.99. The minimum Gasteiger partial charge on any atom is -0.469 e. The van der Waals surface area contributed by atoms with Gasteiger partial charge in [-0.15, -0.1) is 0 Å². The molecule has 1 rings (SSSR count). The molecule has 0 unspecified atom stereocenters. The zero-order valence-electron chi connectivity index (χ0n) is 13.4. The van der Waals surface area contributed by atoms with Gasteiger partial charge in [-0.25, -0.2) is 0 Å². The first-order valence-corrected chi connectivity index (χ1v) is 7.54. The summed E-state index contributed by atoms with van der Waals surface area (Å²) >= 11 is 0. The van der Waals surface area contributed by atoms with Crippen molar-refractivity contribution in [3.63, 3.8) is 0 Å². The monoisotopic (exact) mass is 307 g/mol. The lowest BCUT2D eigenvalue weighted by atomic mass is 10.1. The van der Waals surface area contributed by atoms with Crippen LogP contribution < -0.4 is 0 Å². The normalized spacial score (nSPS) is 10.3. The van der Waals surface area contributed by atoms with Crippen LogP contribution in [-0.2, 0) is 25.5 Å². The second-order valence-electron chi connectivity index (χ2n) is 5.04. The molecule has 122 valence electrons. The Kier molecular flexibility index (Phi) is 8.91. The molecule has 1 aromatic carbocycles. The van der Waals surface area contributed by atoms with Crippen LogP contribution in [0.1, 0.15) is 24.8 Å². The predicted molar refractivity (Wildman–Crippen MR) is 84.5 cm³/mol. The average molecular weight is 307 g/mol. The minimum atomic E-state index is -0.299. The smallest absolute Gasteiger partial charge is 0.307 e. The zero-order chi connectivity index (χ0) is 16.2. The molecule has 0 saturated carbocycles. The van der Waals surface area contributed by atoms with E-state index in [1.54, 1.807) is 12.0 Å². The van der Waals surface area contributed by atoms with Crippen molar-refractivity contribution in [2.45, 2.75) is 25.7 Å². The summed E-state index contributed by atoms with van der Waals surface area (Å²) in [5.41, 5.74) is 1.14. The summed E-state index contributed by atoms with van der Waals surface area (Å²) in [6.07, 6.45) is 2.13. The Morgan fingerprint density at radius 2 is 1.77 bits per heavy atom. The highest BCUT2D eigenvalue weighted by Gasteiger charge is 2.15. The third kappa shape index (κ3) is 7.22. The number of esters is 1. The van der Waals surface area contributed by atoms with Gasteiger partial charge >= 0.3 is 5.97 Å². The van der Waals surface area contributed by atoms with Gasteiger partial charge in [-0.2, -0.15) is 0 Å². The fourth-order valence-corrected chi connectivity index (χ4v) is 2.14. The third-order valence-corrected chi connectivity index (χ3v) is 3.41. The maximum Gasteiger partial charge on any atom is 0.307 e. The fraction of sp³-hybridized carbons (Fsp3) is 0.529. The molecular formula is C17H25NO4. The second kappa shape index (κ2) is 10.8. The van der Waals surface area contributed by atoms with Crippen molar-refractivity contribution in [3.05, 3.63) is 35.9 Å². The van der Waals surface area contributed by atoms with Gasteiger partial charge in [0.25, 0.3) is 0 Å². The minimum absolute atomic E-state index is 0.0591. The van der Waals surface area contributed by atoms with Crippen molar-refractivity contribution in [1.29, 1.82) is 0 Å². The Hall–Kier alpha value is -1.88. The molecule has 5 heteroatoms. The molecule has 0 aliphatic carbocycles. The molecule has 0 aliphatic rings. The number of aryl methyl sites for hydroxylation is 1. The molecular weight excluding hydrogens is 282 g/mol. The van der Waals surface area contributed by atoms with Crippen LogP contribution in [0.3, 0.4) is 0 Å². The van der Waals surface area contributed by atoms with Gasteiger partial charge in [0, 0.05) is 33.2 Å². The number of rotatable bonds is 10. The third-order valence-electron chi connectivity index (χ3n) is 3.41. The quantitative estimate of drug-likeness (QED) is 0.490. The summed E-state index contributed by atoms with van der Waals surface area (Å²) in [5, 5.41) is 0. The Labute approximate surface area is 132 Å². The molecule has 0 heterocycles. The standard InChI is InChI=1S/C17H25NO4/c1-21-14-6-12-18(13-11-17(20)22-2)16(19)10-9-15-7-4-3-5-8-15/h3-5,7-8H,6,9-14H2,1-2H3. The molecule has 22 heavy (non-hydrogen) atoms. The first-order valence-electron chi connectivity index (χ1n) is 7.54. The molecule has 1 amide bonds. The number of amides is 1. The molecule has 0 radical (unpaired) electrons. The van der Waals surface area contributed by atoms with Gasteiger partial charge in [0.2, 0.25) is 5.91 Å². The van der Waals surface area contributed by atoms with Gasteiger partial charge in [0.1, 0.15) is 0 Å². The van der Waals surface area contributed by atoms with Crippen molar-refractivity contribution >= 4 is 11.9 Å². The zero-order valence-corrected chi connectivity index (χ0v) is 13.4. The Morgan fingerprint density at radius 1 is 1.05 bits per heavy atom. The topological polar surface area (TPSA) is 55.8 Å². The van der Waals surface area contributed by atoms with Gasteiger partial charge < -0.3 is 14.4 Å². The first kappa shape index (κ1) is 18.2. The average Bonchev–Trinajstić information content (AvgIpc) is 2.56. The van der Waals surface area contributed by atoms with Crippen molar-refractivity contribution in [2.24, 2.45) is 0 Å². The molecule has 0 spiro atoms. The molecule has 1 aromatic rings. The van der Waals surface area contributed by atoms with E-state index < -0.39 is 0 Å². The highest BCUT2D eigenvalue weighted by molar-refractivity contribution is 5.77. The van der Waals surface area contributed by atoms with E-state index in [2.05, 4.69) is 4.74 Å². The lowest BCUT2D eigenvalue weighted by Crippen LogP contribution is -2.34. The highest BCUT2D eigenvalue weighted by atomic mass is 16.5. The van der Waals surface area contributed by atoms with Crippen LogP contribution in [0.2, 0.25) is 0 Å². The van der Waals surface area contributed by atoms with Crippen LogP contribution in [0.25, 0.3) is 0 Å². The number of nitrogens with zero attached hydrogens (tertiary/aromatic N) is 1. The van der Waals surface area contributed by atoms with Gasteiger partial charge in [0.15, 0.2) is 0 Å². The summed E-state index contributed by atoms with van der Waals surface area (Å²) < 4.78 is 9.65. The molecule has 0 fully saturated rings. The Morgan fingerprint density at radius 3 is 2.41 bits per heavy atom. The van der Waals surface area contributed by atoms with Gasteiger partial charge in [0.05, 0.1) is 13.5 Å². The van der Waals surface area contributed by atoms with Crippen LogP contribution in [-0.4, -0.2) is 50.7 Å². The van der Waals surface area contributed by atoms with Gasteiger partial charge in [-0.05, 0) is 18.4 Å². The maximum absolute atomic E-state index is 12.3. The van der Waals surface area contributed by atoms with Crippen molar-refractivity contribution in [1.82, 2.24) is 4.90 Å². The number of hydrogen-bond acceptors (Lipinski definition) is 4. The summed E-state index contributed by atoms with van der Waals surface area (Å²) in [5.74, 6) is -0.239. The summed E-state index contributed by atoms with van der Waals surface area (Å²) in [4.78, 5) is 25.3. The molecule has 0 aliphatic heterocycles. The summed E-state index contributed by atoms with van der Waals surface area (Å²) in [6.45, 7) is 1.59. The number of benzene rings is 1. The lowest BCUT2D eigenvalue weighted by molar-refractivity contribution is -0.141. The van der Waals surface area contributed by atoms with Crippen LogP contribution in [0.4, 0.5) is 0 Å². The number of hydrogen-bond donors (Lipinski definition) is 0. The van der Waals surface area contributed by atoms with E-state index in [-0.39, 0.29) is 18.3 Å². The van der Waals surface area contributed by atoms with Gasteiger partial charge in [-0.1, -0.05) is 30.3 Å². The van der Waals surface area contributed by atoms with Crippen molar-refractivity contribution in [2.75, 3.05) is 33.9 Å². The van der Waals surface area contributed by atoms with Crippen LogP contribution in [0, 0.1) is 0 Å². The number of carbonyl (C=O) groups excluding carboxylic acids is 2. The largest absolute Gasteiger partial charge is 0.469 e. The maximum atomic E-state index is 12.3. The van der Waals surface area contributed by atoms with Gasteiger partial charge in [-0.3, -0.25) is 9.59 Å². The van der Waals surface area contributed by atoms with E-state index in [1.807, 2.05) is 30.3 Å². The van der Waals surface area contributed by atoms with Crippen molar-refractivity contribution < 1.29 is 19.1 Å². The van der Waals surface area contributed by atoms with E-state index in [0.717, 1.165) is 12.0 Å². The predicted octanol–water partition coefficient (Wildman–Crippen LogP) is 2.05. The SMILES string of the molecule is COCCCN(CCC(=O)OC)C(=O)CCc1ccccc1. The number of carbonyl (C=O) groups is 2. The van der Waals surface area contributed by atoms with Crippen LogP contribution >= 0.6 is 0 Å². The van der Waals surface area contributed by atoms with E-state index >= 15 is 0 Å². The van der Waals surface area contributed by atoms with Crippen LogP contribution in [0.5, 0.6) is 0 Å². The molecule has 5 nitrogen and oxygen atoms in total. The second-order valence-corrected chi connectivity index (χ2v) is 5.04. The Bertz CT molecular complexity index is 447. The lowest BCUT2D eigenvalue weighted by Gasteiger charge is -2.22.